The van der Waals surface area contributed by atoms with Crippen molar-refractivity contribution < 1.29 is 28.5 Å². The summed E-state index contributed by atoms with van der Waals surface area (Å²) in [7, 11) is 0. The maximum Gasteiger partial charge on any atom is 0.311 e. The summed E-state index contributed by atoms with van der Waals surface area (Å²) in [5.41, 5.74) is 0. The molecule has 4 unspecified atom stereocenters. The number of carbonyl (C=O) groups excluding carboxylic acids is 2. The van der Waals surface area contributed by atoms with Crippen molar-refractivity contribution in [3.05, 3.63) is 48.5 Å². The minimum absolute atomic E-state index is 0.141. The first-order chi connectivity index (χ1) is 15.5. The second-order valence-corrected chi connectivity index (χ2v) is 8.53. The lowest BCUT2D eigenvalue weighted by atomic mass is 10.0. The second kappa shape index (κ2) is 8.52. The fourth-order valence-electron chi connectivity index (χ4n) is 4.18. The number of esters is 2. The highest BCUT2D eigenvalue weighted by atomic mass is 16.6. The maximum atomic E-state index is 12.6. The van der Waals surface area contributed by atoms with E-state index in [0.717, 1.165) is 21.5 Å². The zero-order valence-corrected chi connectivity index (χ0v) is 18.2. The fraction of sp³-hybridized carbons (Fsp3) is 0.385. The Labute approximate surface area is 186 Å². The molecule has 0 aromatic heterocycles. The number of hydrogen-bond acceptors (Lipinski definition) is 6. The minimum atomic E-state index is -0.300. The Morgan fingerprint density at radius 3 is 1.28 bits per heavy atom. The van der Waals surface area contributed by atoms with Crippen LogP contribution in [0.2, 0.25) is 0 Å². The van der Waals surface area contributed by atoms with Gasteiger partial charge in [0.25, 0.3) is 0 Å². The molecule has 2 fully saturated rings. The fourth-order valence-corrected chi connectivity index (χ4v) is 4.18. The summed E-state index contributed by atoms with van der Waals surface area (Å²) in [6.45, 7) is 3.99. The van der Waals surface area contributed by atoms with Gasteiger partial charge in [-0.05, 0) is 26.7 Å². The van der Waals surface area contributed by atoms with E-state index >= 15 is 0 Å². The Balaban J connectivity index is 1.45. The summed E-state index contributed by atoms with van der Waals surface area (Å²) in [4.78, 5) is 25.2. The number of fused-ring (bicyclic) bond motifs is 2. The van der Waals surface area contributed by atoms with Gasteiger partial charge in [0.05, 0.1) is 24.4 Å². The van der Waals surface area contributed by atoms with Crippen molar-refractivity contribution in [1.82, 2.24) is 0 Å². The van der Waals surface area contributed by atoms with Crippen LogP contribution in [0.3, 0.4) is 0 Å². The Hall–Kier alpha value is -2.96. The normalized spacial score (nSPS) is 23.8. The molecule has 6 heteroatoms. The topological polar surface area (TPSA) is 77.7 Å². The number of epoxide rings is 2. The van der Waals surface area contributed by atoms with Gasteiger partial charge in [0.15, 0.2) is 0 Å². The highest BCUT2D eigenvalue weighted by Crippen LogP contribution is 2.43. The van der Waals surface area contributed by atoms with Crippen LogP contribution >= 0.6 is 0 Å². The summed E-state index contributed by atoms with van der Waals surface area (Å²) in [6.07, 6.45) is 2.58. The maximum absolute atomic E-state index is 12.6. The lowest BCUT2D eigenvalue weighted by molar-refractivity contribution is -0.135. The van der Waals surface area contributed by atoms with Gasteiger partial charge >= 0.3 is 11.9 Å². The van der Waals surface area contributed by atoms with Gasteiger partial charge in [0.2, 0.25) is 0 Å². The average Bonchev–Trinajstić information content (AvgIpc) is 3.70. The van der Waals surface area contributed by atoms with E-state index in [1.54, 1.807) is 0 Å². The first kappa shape index (κ1) is 20.9. The monoisotopic (exact) mass is 434 g/mol. The van der Waals surface area contributed by atoms with E-state index in [0.29, 0.717) is 24.3 Å². The molecule has 0 saturated carbocycles. The summed E-state index contributed by atoms with van der Waals surface area (Å²) in [6, 6.07) is 15.1. The van der Waals surface area contributed by atoms with Crippen molar-refractivity contribution in [2.45, 2.75) is 63.9 Å². The van der Waals surface area contributed by atoms with Crippen molar-refractivity contribution in [1.29, 1.82) is 0 Å². The Bertz CT molecular complexity index is 1040. The summed E-state index contributed by atoms with van der Waals surface area (Å²) in [5, 5.41) is 2.94. The van der Waals surface area contributed by atoms with Crippen molar-refractivity contribution in [3.8, 4) is 11.5 Å². The van der Waals surface area contributed by atoms with E-state index in [9.17, 15) is 9.59 Å². The van der Waals surface area contributed by atoms with Crippen molar-refractivity contribution in [3.63, 3.8) is 0 Å². The molecule has 0 amide bonds. The van der Waals surface area contributed by atoms with Gasteiger partial charge in [-0.1, -0.05) is 48.5 Å². The highest BCUT2D eigenvalue weighted by molar-refractivity contribution is 6.12. The number of carbonyl (C=O) groups is 2. The minimum Gasteiger partial charge on any atom is -0.425 e. The van der Waals surface area contributed by atoms with Gasteiger partial charge in [0.1, 0.15) is 11.5 Å². The SMILES string of the molecule is CC1OC1CCC(=O)Oc1c2ccccc2c(OC(=O)CCC2OC2C)c2ccccc12. The largest absolute Gasteiger partial charge is 0.425 e. The molecular weight excluding hydrogens is 408 g/mol. The third-order valence-corrected chi connectivity index (χ3v) is 6.20. The second-order valence-electron chi connectivity index (χ2n) is 8.53. The molecule has 6 nitrogen and oxygen atoms in total. The van der Waals surface area contributed by atoms with E-state index < -0.39 is 0 Å². The first-order valence-corrected chi connectivity index (χ1v) is 11.2. The quantitative estimate of drug-likeness (QED) is 0.216. The van der Waals surface area contributed by atoms with Crippen LogP contribution in [0.1, 0.15) is 39.5 Å². The molecule has 3 aromatic carbocycles. The molecule has 5 rings (SSSR count). The van der Waals surface area contributed by atoms with E-state index in [4.69, 9.17) is 18.9 Å². The van der Waals surface area contributed by atoms with Crippen LogP contribution in [0.4, 0.5) is 0 Å². The third-order valence-electron chi connectivity index (χ3n) is 6.20. The Morgan fingerprint density at radius 1 is 0.688 bits per heavy atom. The lowest BCUT2D eigenvalue weighted by Gasteiger charge is -2.16. The summed E-state index contributed by atoms with van der Waals surface area (Å²) >= 11 is 0. The first-order valence-electron chi connectivity index (χ1n) is 11.2. The number of ether oxygens (including phenoxy) is 4. The molecule has 0 aliphatic carbocycles. The smallest absolute Gasteiger partial charge is 0.311 e. The van der Waals surface area contributed by atoms with Crippen LogP contribution in [0.15, 0.2) is 48.5 Å². The van der Waals surface area contributed by atoms with E-state index in [2.05, 4.69) is 0 Å². The molecule has 2 aliphatic rings. The van der Waals surface area contributed by atoms with Gasteiger partial charge in [-0.15, -0.1) is 0 Å². The zero-order chi connectivity index (χ0) is 22.2. The Kier molecular flexibility index (Phi) is 5.57. The molecule has 2 saturated heterocycles. The Morgan fingerprint density at radius 2 is 1.00 bits per heavy atom. The van der Waals surface area contributed by atoms with Crippen molar-refractivity contribution in [2.75, 3.05) is 0 Å². The number of hydrogen-bond donors (Lipinski definition) is 0. The van der Waals surface area contributed by atoms with Crippen LogP contribution in [0.25, 0.3) is 21.5 Å². The molecule has 2 heterocycles. The highest BCUT2D eigenvalue weighted by Gasteiger charge is 2.35. The zero-order valence-electron chi connectivity index (χ0n) is 18.2. The molecular formula is C26H26O6. The molecule has 0 bridgehead atoms. The number of rotatable bonds is 8. The van der Waals surface area contributed by atoms with Crippen LogP contribution < -0.4 is 9.47 Å². The van der Waals surface area contributed by atoms with Gasteiger partial charge in [-0.3, -0.25) is 9.59 Å². The molecule has 0 spiro atoms. The standard InChI is InChI=1S/C26H26O6/c1-15-21(29-15)11-13-23(27)31-25-17-7-3-5-9-19(17)26(20-10-6-4-8-18(20)25)32-24(28)14-12-22-16(2)30-22/h3-10,15-16,21-22H,11-14H2,1-2H3. The van der Waals surface area contributed by atoms with Gasteiger partial charge in [-0.25, -0.2) is 0 Å². The lowest BCUT2D eigenvalue weighted by Crippen LogP contribution is -2.12. The van der Waals surface area contributed by atoms with Crippen LogP contribution in [0, 0.1) is 0 Å². The van der Waals surface area contributed by atoms with Gasteiger partial charge in [0, 0.05) is 34.4 Å². The van der Waals surface area contributed by atoms with Crippen molar-refractivity contribution in [2.24, 2.45) is 0 Å². The molecule has 32 heavy (non-hydrogen) atoms. The predicted molar refractivity (Wildman–Crippen MR) is 120 cm³/mol. The molecule has 3 aromatic rings. The summed E-state index contributed by atoms with van der Waals surface area (Å²) in [5.74, 6) is 0.384. The third kappa shape index (κ3) is 4.33. The van der Waals surface area contributed by atoms with Crippen LogP contribution in [-0.4, -0.2) is 36.4 Å². The molecule has 0 radical (unpaired) electrons. The van der Waals surface area contributed by atoms with E-state index in [1.807, 2.05) is 62.4 Å². The van der Waals surface area contributed by atoms with Gasteiger partial charge in [-0.2, -0.15) is 0 Å². The van der Waals surface area contributed by atoms with E-state index in [-0.39, 0.29) is 49.2 Å². The average molecular weight is 434 g/mol. The van der Waals surface area contributed by atoms with Crippen LogP contribution in [-0.2, 0) is 19.1 Å². The van der Waals surface area contributed by atoms with Crippen LogP contribution in [0.5, 0.6) is 11.5 Å². The molecule has 4 atom stereocenters. The molecule has 2 aliphatic heterocycles. The van der Waals surface area contributed by atoms with Crippen molar-refractivity contribution >= 4 is 33.5 Å². The number of benzene rings is 3. The predicted octanol–water partition coefficient (Wildman–Crippen LogP) is 4.94. The summed E-state index contributed by atoms with van der Waals surface area (Å²) < 4.78 is 22.5. The molecule has 166 valence electrons. The molecule has 0 N–H and O–H groups in total. The van der Waals surface area contributed by atoms with E-state index in [1.165, 1.54) is 0 Å². The van der Waals surface area contributed by atoms with Gasteiger partial charge < -0.3 is 18.9 Å².